The topological polar surface area (TPSA) is 59.8 Å². The van der Waals surface area contributed by atoms with Gasteiger partial charge in [-0.2, -0.15) is 0 Å². The minimum absolute atomic E-state index is 0.0342. The first-order chi connectivity index (χ1) is 11.2. The summed E-state index contributed by atoms with van der Waals surface area (Å²) in [6.45, 7) is 0. The molecule has 3 aromatic rings. The Labute approximate surface area is 138 Å². The van der Waals surface area contributed by atoms with Gasteiger partial charge in [-0.1, -0.05) is 23.7 Å². The minimum atomic E-state index is -0.102. The van der Waals surface area contributed by atoms with Crippen molar-refractivity contribution in [2.75, 3.05) is 5.32 Å². The molecule has 4 rings (SSSR count). The van der Waals surface area contributed by atoms with Crippen molar-refractivity contribution in [3.05, 3.63) is 71.4 Å². The fourth-order valence-corrected chi connectivity index (χ4v) is 3.10. The molecular weight excluding hydrogens is 312 g/mol. The molecule has 0 aliphatic carbocycles. The minimum Gasteiger partial charge on any atom is -0.310 e. The molecule has 0 spiro atoms. The number of hydrogen-bond acceptors (Lipinski definition) is 3. The Hall–Kier alpha value is -2.66. The number of nitrogens with zero attached hydrogens (tertiary/aromatic N) is 3. The number of halogens is 1. The van der Waals surface area contributed by atoms with E-state index in [9.17, 15) is 4.79 Å². The second-order valence-corrected chi connectivity index (χ2v) is 5.86. The van der Waals surface area contributed by atoms with E-state index >= 15 is 0 Å². The maximum Gasteiger partial charge on any atom is 0.226 e. The lowest BCUT2D eigenvalue weighted by Gasteiger charge is -2.23. The van der Waals surface area contributed by atoms with Gasteiger partial charge in [0.15, 0.2) is 0 Å². The summed E-state index contributed by atoms with van der Waals surface area (Å²) in [6.07, 6.45) is 5.51. The van der Waals surface area contributed by atoms with Crippen molar-refractivity contribution in [3.8, 4) is 5.69 Å². The van der Waals surface area contributed by atoms with Gasteiger partial charge in [0, 0.05) is 23.6 Å². The van der Waals surface area contributed by atoms with Crippen molar-refractivity contribution in [1.29, 1.82) is 0 Å². The standard InChI is InChI=1S/C17H13ClN4O/c18-12-4-1-3-11(7-12)14-8-15(23)21-17-16(14)20-10-22(17)13-5-2-6-19-9-13/h1-7,9-10,14H,8H2,(H,21,23)/t14-/m1/s1. The monoisotopic (exact) mass is 324 g/mol. The molecule has 1 N–H and O–H groups in total. The highest BCUT2D eigenvalue weighted by Crippen LogP contribution is 2.37. The quantitative estimate of drug-likeness (QED) is 0.786. The number of imidazole rings is 1. The molecule has 5 nitrogen and oxygen atoms in total. The molecule has 0 saturated carbocycles. The van der Waals surface area contributed by atoms with E-state index in [2.05, 4.69) is 15.3 Å². The highest BCUT2D eigenvalue weighted by atomic mass is 35.5. The number of rotatable bonds is 2. The Balaban J connectivity index is 1.83. The number of carbonyl (C=O) groups excluding carboxylic acids is 1. The zero-order valence-electron chi connectivity index (χ0n) is 12.1. The van der Waals surface area contributed by atoms with Gasteiger partial charge < -0.3 is 5.32 Å². The van der Waals surface area contributed by atoms with Gasteiger partial charge >= 0.3 is 0 Å². The van der Waals surface area contributed by atoms with Crippen molar-refractivity contribution in [1.82, 2.24) is 14.5 Å². The van der Waals surface area contributed by atoms with Gasteiger partial charge in [0.05, 0.1) is 17.6 Å². The SMILES string of the molecule is O=C1C[C@H](c2cccc(Cl)c2)c2ncn(-c3cccnc3)c2N1. The molecule has 1 aliphatic rings. The van der Waals surface area contributed by atoms with Gasteiger partial charge in [-0.05, 0) is 29.8 Å². The lowest BCUT2D eigenvalue weighted by molar-refractivity contribution is -0.116. The first-order valence-electron chi connectivity index (χ1n) is 7.25. The molecule has 1 aliphatic heterocycles. The normalized spacial score (nSPS) is 16.7. The molecule has 0 radical (unpaired) electrons. The Bertz CT molecular complexity index is 875. The molecular formula is C17H13ClN4O. The van der Waals surface area contributed by atoms with E-state index < -0.39 is 0 Å². The number of nitrogens with one attached hydrogen (secondary N) is 1. The van der Waals surface area contributed by atoms with Crippen molar-refractivity contribution in [2.45, 2.75) is 12.3 Å². The third-order valence-electron chi connectivity index (χ3n) is 3.95. The molecule has 0 unspecified atom stereocenters. The van der Waals surface area contributed by atoms with Crippen molar-refractivity contribution >= 4 is 23.3 Å². The summed E-state index contributed by atoms with van der Waals surface area (Å²) in [5.74, 6) is 0.558. The van der Waals surface area contributed by atoms with Crippen LogP contribution in [0.1, 0.15) is 23.6 Å². The first-order valence-corrected chi connectivity index (χ1v) is 7.63. The number of pyridine rings is 1. The lowest BCUT2D eigenvalue weighted by Crippen LogP contribution is -2.24. The second kappa shape index (κ2) is 5.52. The van der Waals surface area contributed by atoms with Gasteiger partial charge in [-0.3, -0.25) is 14.3 Å². The first kappa shape index (κ1) is 14.0. The zero-order valence-corrected chi connectivity index (χ0v) is 12.9. The fourth-order valence-electron chi connectivity index (χ4n) is 2.90. The predicted molar refractivity (Wildman–Crippen MR) is 87.9 cm³/mol. The molecule has 1 atom stereocenters. The van der Waals surface area contributed by atoms with Gasteiger partial charge in [0.2, 0.25) is 5.91 Å². The summed E-state index contributed by atoms with van der Waals surface area (Å²) in [4.78, 5) is 20.8. The predicted octanol–water partition coefficient (Wildman–Crippen LogP) is 3.39. The van der Waals surface area contributed by atoms with E-state index in [1.54, 1.807) is 18.7 Å². The maximum absolute atomic E-state index is 12.2. The molecule has 23 heavy (non-hydrogen) atoms. The number of benzene rings is 1. The number of amides is 1. The summed E-state index contributed by atoms with van der Waals surface area (Å²) >= 11 is 6.09. The molecule has 6 heteroatoms. The number of carbonyl (C=O) groups is 1. The van der Waals surface area contributed by atoms with Crippen LogP contribution in [0.15, 0.2) is 55.1 Å². The highest BCUT2D eigenvalue weighted by molar-refractivity contribution is 6.30. The summed E-state index contributed by atoms with van der Waals surface area (Å²) in [6, 6.07) is 11.3. The number of fused-ring (bicyclic) bond motifs is 1. The van der Waals surface area contributed by atoms with Crippen LogP contribution in [-0.4, -0.2) is 20.4 Å². The fraction of sp³-hybridized carbons (Fsp3) is 0.118. The third kappa shape index (κ3) is 2.49. The summed E-state index contributed by atoms with van der Waals surface area (Å²) in [7, 11) is 0. The Morgan fingerprint density at radius 1 is 1.26 bits per heavy atom. The molecule has 114 valence electrons. The van der Waals surface area contributed by atoms with Crippen LogP contribution in [0.5, 0.6) is 0 Å². The van der Waals surface area contributed by atoms with Crippen molar-refractivity contribution < 1.29 is 4.79 Å². The Morgan fingerprint density at radius 2 is 2.17 bits per heavy atom. The Morgan fingerprint density at radius 3 is 2.96 bits per heavy atom. The largest absolute Gasteiger partial charge is 0.310 e. The maximum atomic E-state index is 12.2. The van der Waals surface area contributed by atoms with E-state index in [0.717, 1.165) is 16.9 Å². The van der Waals surface area contributed by atoms with E-state index in [4.69, 9.17) is 11.6 Å². The zero-order chi connectivity index (χ0) is 15.8. The molecule has 0 bridgehead atoms. The molecule has 2 aromatic heterocycles. The highest BCUT2D eigenvalue weighted by Gasteiger charge is 2.31. The second-order valence-electron chi connectivity index (χ2n) is 5.42. The van der Waals surface area contributed by atoms with Crippen LogP contribution in [0.4, 0.5) is 5.82 Å². The van der Waals surface area contributed by atoms with Gasteiger partial charge in [-0.25, -0.2) is 4.98 Å². The van der Waals surface area contributed by atoms with E-state index in [-0.39, 0.29) is 11.8 Å². The molecule has 0 saturated heterocycles. The van der Waals surface area contributed by atoms with E-state index in [0.29, 0.717) is 17.3 Å². The molecule has 3 heterocycles. The van der Waals surface area contributed by atoms with Crippen LogP contribution in [-0.2, 0) is 4.79 Å². The van der Waals surface area contributed by atoms with Crippen LogP contribution in [0.3, 0.4) is 0 Å². The van der Waals surface area contributed by atoms with Crippen LogP contribution >= 0.6 is 11.6 Å². The van der Waals surface area contributed by atoms with E-state index in [1.165, 1.54) is 0 Å². The van der Waals surface area contributed by atoms with Crippen molar-refractivity contribution in [2.24, 2.45) is 0 Å². The lowest BCUT2D eigenvalue weighted by atomic mass is 9.90. The molecule has 1 aromatic carbocycles. The molecule has 0 fully saturated rings. The number of hydrogen-bond donors (Lipinski definition) is 1. The summed E-state index contributed by atoms with van der Waals surface area (Å²) < 4.78 is 1.84. The smallest absolute Gasteiger partial charge is 0.226 e. The average Bonchev–Trinajstić information content (AvgIpc) is 2.98. The summed E-state index contributed by atoms with van der Waals surface area (Å²) in [5.41, 5.74) is 2.69. The Kier molecular flexibility index (Phi) is 3.35. The van der Waals surface area contributed by atoms with Gasteiger partial charge in [0.1, 0.15) is 12.1 Å². The number of anilines is 1. The molecule has 1 amide bonds. The van der Waals surface area contributed by atoms with Crippen LogP contribution in [0.25, 0.3) is 5.69 Å². The third-order valence-corrected chi connectivity index (χ3v) is 4.18. The van der Waals surface area contributed by atoms with Gasteiger partial charge in [0.25, 0.3) is 0 Å². The van der Waals surface area contributed by atoms with Crippen LogP contribution in [0, 0.1) is 0 Å². The van der Waals surface area contributed by atoms with Crippen molar-refractivity contribution in [3.63, 3.8) is 0 Å². The van der Waals surface area contributed by atoms with Gasteiger partial charge in [-0.15, -0.1) is 0 Å². The van der Waals surface area contributed by atoms with Crippen LogP contribution < -0.4 is 5.32 Å². The number of aromatic nitrogens is 3. The van der Waals surface area contributed by atoms with E-state index in [1.807, 2.05) is 41.0 Å². The summed E-state index contributed by atoms with van der Waals surface area (Å²) in [5, 5.41) is 3.58. The van der Waals surface area contributed by atoms with Crippen LogP contribution in [0.2, 0.25) is 5.02 Å². The average molecular weight is 325 g/mol.